The maximum atomic E-state index is 7.01. The van der Waals surface area contributed by atoms with Gasteiger partial charge in [-0.2, -0.15) is 0 Å². The molecule has 2 heteroatoms. The maximum absolute atomic E-state index is 7.01. The van der Waals surface area contributed by atoms with E-state index in [0.717, 1.165) is 5.56 Å². The van der Waals surface area contributed by atoms with Crippen molar-refractivity contribution in [1.29, 1.82) is 5.41 Å². The van der Waals surface area contributed by atoms with Crippen LogP contribution in [0.4, 0.5) is 0 Å². The number of nitrogens with two attached hydrogens (primary N) is 1. The number of amidine groups is 1. The number of hydrogen-bond donors (Lipinski definition) is 2. The van der Waals surface area contributed by atoms with E-state index < -0.39 is 0 Å². The third-order valence-electron chi connectivity index (χ3n) is 1.24. The Balaban J connectivity index is 2.67. The van der Waals surface area contributed by atoms with Crippen molar-refractivity contribution in [1.82, 2.24) is 0 Å². The van der Waals surface area contributed by atoms with Gasteiger partial charge in [0.1, 0.15) is 0 Å². The molecule has 0 aliphatic rings. The summed E-state index contributed by atoms with van der Waals surface area (Å²) in [6.45, 7) is 0. The molecule has 0 atom stereocenters. The van der Waals surface area contributed by atoms with Gasteiger partial charge >= 0.3 is 0 Å². The highest BCUT2D eigenvalue weighted by molar-refractivity contribution is 5.79. The van der Waals surface area contributed by atoms with Crippen molar-refractivity contribution in [3.05, 3.63) is 35.9 Å². The summed E-state index contributed by atoms with van der Waals surface area (Å²) in [6.07, 6.45) is 0.556. The molecule has 1 aromatic carbocycles. The Hall–Kier alpha value is -1.31. The van der Waals surface area contributed by atoms with Crippen molar-refractivity contribution < 1.29 is 0 Å². The molecule has 0 radical (unpaired) electrons. The molecule has 1 rings (SSSR count). The predicted molar refractivity (Wildman–Crippen MR) is 42.1 cm³/mol. The molecule has 2 nitrogen and oxygen atoms in total. The molecule has 0 spiro atoms. The number of hydrogen-bond acceptors (Lipinski definition) is 1. The van der Waals surface area contributed by atoms with Crippen LogP contribution in [0.5, 0.6) is 0 Å². The fourth-order valence-corrected chi connectivity index (χ4v) is 0.816. The minimum atomic E-state index is 0.214. The van der Waals surface area contributed by atoms with E-state index in [4.69, 9.17) is 11.1 Å². The molecule has 0 aromatic heterocycles. The summed E-state index contributed by atoms with van der Waals surface area (Å²) in [4.78, 5) is 0. The normalized spacial score (nSPS) is 9.20. The molecule has 0 amide bonds. The zero-order chi connectivity index (χ0) is 7.40. The van der Waals surface area contributed by atoms with Crippen molar-refractivity contribution in [3.8, 4) is 0 Å². The van der Waals surface area contributed by atoms with E-state index in [-0.39, 0.29) is 5.84 Å². The molecule has 10 heavy (non-hydrogen) atoms. The van der Waals surface area contributed by atoms with Gasteiger partial charge in [0.2, 0.25) is 0 Å². The second-order valence-corrected chi connectivity index (χ2v) is 2.19. The van der Waals surface area contributed by atoms with Crippen molar-refractivity contribution in [2.45, 2.75) is 6.42 Å². The Labute approximate surface area is 60.2 Å². The highest BCUT2D eigenvalue weighted by Crippen LogP contribution is 1.97. The van der Waals surface area contributed by atoms with Gasteiger partial charge in [0.25, 0.3) is 0 Å². The van der Waals surface area contributed by atoms with Crippen LogP contribution in [0.2, 0.25) is 0 Å². The average molecular weight is 136 g/mol. The van der Waals surface area contributed by atoms with E-state index >= 15 is 0 Å². The van der Waals surface area contributed by atoms with Gasteiger partial charge in [0, 0.05) is 6.42 Å². The van der Waals surface area contributed by atoms with Gasteiger partial charge in [-0.15, -0.1) is 0 Å². The second-order valence-electron chi connectivity index (χ2n) is 2.19. The van der Waals surface area contributed by atoms with Crippen LogP contribution in [0, 0.1) is 5.41 Å². The van der Waals surface area contributed by atoms with E-state index in [0.29, 0.717) is 6.42 Å². The molecular formula is C8H10N2. The van der Waals surface area contributed by atoms with Gasteiger partial charge in [-0.25, -0.2) is 0 Å². The van der Waals surface area contributed by atoms with Gasteiger partial charge < -0.3 is 5.73 Å². The molecule has 0 unspecified atom stereocenters. The van der Waals surface area contributed by atoms with Crippen LogP contribution in [-0.2, 0) is 6.42 Å². The lowest BCUT2D eigenvalue weighted by Crippen LogP contribution is -2.12. The van der Waals surface area contributed by atoms with Crippen molar-refractivity contribution in [3.63, 3.8) is 0 Å². The Morgan fingerprint density at radius 2 is 1.90 bits per heavy atom. The van der Waals surface area contributed by atoms with E-state index in [1.165, 1.54) is 0 Å². The smallest absolute Gasteiger partial charge is 0.0950 e. The van der Waals surface area contributed by atoms with Gasteiger partial charge in [-0.05, 0) is 5.56 Å². The summed E-state index contributed by atoms with van der Waals surface area (Å²) >= 11 is 0. The maximum Gasteiger partial charge on any atom is 0.0950 e. The molecule has 0 saturated heterocycles. The molecule has 1 aromatic rings. The average Bonchev–Trinajstić information content (AvgIpc) is 1.88. The summed E-state index contributed by atoms with van der Waals surface area (Å²) in [7, 11) is 0. The molecule has 52 valence electrons. The molecule has 0 heterocycles. The minimum absolute atomic E-state index is 0.214. The first-order valence-corrected chi connectivity index (χ1v) is 3.16. The summed E-state index contributed by atoms with van der Waals surface area (Å²) in [5.74, 6) is 0.214. The van der Waals surface area contributed by atoms with Crippen molar-refractivity contribution >= 4 is 5.84 Å². The van der Waals surface area contributed by atoms with Crippen LogP contribution in [0.1, 0.15) is 5.56 Å². The molecule has 0 saturated carbocycles. The van der Waals surface area contributed by atoms with Crippen LogP contribution in [0.25, 0.3) is 0 Å². The largest absolute Gasteiger partial charge is 0.387 e. The van der Waals surface area contributed by atoms with E-state index in [9.17, 15) is 0 Å². The molecule has 3 N–H and O–H groups in total. The number of nitrogens with one attached hydrogen (secondary N) is 1. The third kappa shape index (κ3) is 1.90. The first-order valence-electron chi connectivity index (χ1n) is 3.16. The molecular weight excluding hydrogens is 126 g/mol. The van der Waals surface area contributed by atoms with Crippen LogP contribution >= 0.6 is 0 Å². The van der Waals surface area contributed by atoms with E-state index in [1.807, 2.05) is 30.3 Å². The minimum Gasteiger partial charge on any atom is -0.387 e. The van der Waals surface area contributed by atoms with E-state index in [2.05, 4.69) is 0 Å². The van der Waals surface area contributed by atoms with Gasteiger partial charge in [-0.1, -0.05) is 30.3 Å². The summed E-state index contributed by atoms with van der Waals surface area (Å²) in [5.41, 5.74) is 6.30. The first kappa shape index (κ1) is 6.81. The molecule has 0 bridgehead atoms. The summed E-state index contributed by atoms with van der Waals surface area (Å²) < 4.78 is 0. The van der Waals surface area contributed by atoms with Crippen LogP contribution in [0.15, 0.2) is 30.3 Å². The van der Waals surface area contributed by atoms with Gasteiger partial charge in [0.15, 0.2) is 0 Å². The highest BCUT2D eigenvalue weighted by Gasteiger charge is 1.90. The Kier molecular flexibility index (Phi) is 2.05. The zero-order valence-corrected chi connectivity index (χ0v) is 5.67. The standard InChI is InChI=1S/C8H10N2/c9-8(10)6-7-4-2-1-3-5-7/h1-5H,6H2,(H3,9,10)/i9+1,10+1. The Morgan fingerprint density at radius 3 is 2.40 bits per heavy atom. The van der Waals surface area contributed by atoms with Crippen LogP contribution < -0.4 is 5.73 Å². The summed E-state index contributed by atoms with van der Waals surface area (Å²) in [5, 5.41) is 7.01. The van der Waals surface area contributed by atoms with Crippen LogP contribution in [-0.4, -0.2) is 5.84 Å². The number of rotatable bonds is 2. The lowest BCUT2D eigenvalue weighted by Gasteiger charge is -1.96. The molecule has 0 aliphatic carbocycles. The second kappa shape index (κ2) is 3.01. The van der Waals surface area contributed by atoms with Gasteiger partial charge in [-0.3, -0.25) is 5.41 Å². The lowest BCUT2D eigenvalue weighted by atomic mass is 10.1. The summed E-state index contributed by atoms with van der Waals surface area (Å²) in [6, 6.07) is 9.75. The third-order valence-corrected chi connectivity index (χ3v) is 1.24. The van der Waals surface area contributed by atoms with Crippen LogP contribution in [0.3, 0.4) is 0 Å². The number of benzene rings is 1. The van der Waals surface area contributed by atoms with Crippen molar-refractivity contribution in [2.75, 3.05) is 0 Å². The fourth-order valence-electron chi connectivity index (χ4n) is 0.816. The topological polar surface area (TPSA) is 49.9 Å². The van der Waals surface area contributed by atoms with E-state index in [1.54, 1.807) is 0 Å². The Bertz CT molecular complexity index is 216. The molecule has 0 fully saturated rings. The molecule has 0 aliphatic heterocycles. The van der Waals surface area contributed by atoms with Gasteiger partial charge in [0.05, 0.1) is 5.84 Å². The predicted octanol–water partition coefficient (Wildman–Crippen LogP) is 1.17. The quantitative estimate of drug-likeness (QED) is 0.358. The first-order chi connectivity index (χ1) is 4.79. The highest BCUT2D eigenvalue weighted by atomic mass is 15.5. The van der Waals surface area contributed by atoms with Crippen molar-refractivity contribution in [2.24, 2.45) is 5.73 Å². The SMILES string of the molecule is [15NH]=C([15NH2])Cc1ccccc1. The zero-order valence-electron chi connectivity index (χ0n) is 5.67. The Morgan fingerprint density at radius 1 is 1.30 bits per heavy atom. The lowest BCUT2D eigenvalue weighted by molar-refractivity contribution is 1.25. The monoisotopic (exact) mass is 136 g/mol. The fraction of sp³-hybridized carbons (Fsp3) is 0.125.